The lowest BCUT2D eigenvalue weighted by molar-refractivity contribution is 0.0739. The van der Waals surface area contributed by atoms with Crippen molar-refractivity contribution < 1.29 is 9.47 Å². The van der Waals surface area contributed by atoms with Crippen LogP contribution in [0.4, 0.5) is 0 Å². The molecule has 1 saturated heterocycles. The van der Waals surface area contributed by atoms with Gasteiger partial charge in [-0.1, -0.05) is 79.9 Å². The second-order valence-electron chi connectivity index (χ2n) is 8.72. The van der Waals surface area contributed by atoms with Crippen molar-refractivity contribution in [2.45, 2.75) is 58.2 Å². The van der Waals surface area contributed by atoms with E-state index >= 15 is 0 Å². The van der Waals surface area contributed by atoms with Gasteiger partial charge < -0.3 is 14.8 Å². The molecule has 0 radical (unpaired) electrons. The molecule has 1 N–H and O–H groups in total. The third-order valence-electron chi connectivity index (χ3n) is 6.05. The molecule has 2 fully saturated rings. The highest BCUT2D eigenvalue weighted by Gasteiger charge is 2.13. The van der Waals surface area contributed by atoms with Gasteiger partial charge in [0.05, 0.1) is 19.8 Å². The lowest BCUT2D eigenvalue weighted by Gasteiger charge is -2.22. The predicted octanol–water partition coefficient (Wildman–Crippen LogP) is 5.99. The summed E-state index contributed by atoms with van der Waals surface area (Å²) in [4.78, 5) is 0. The Hall–Kier alpha value is -1.68. The minimum Gasteiger partial charge on any atom is -0.376 e. The number of nitrogens with one attached hydrogen (secondary N) is 1. The summed E-state index contributed by atoms with van der Waals surface area (Å²) in [5, 5.41) is 3.40. The van der Waals surface area contributed by atoms with Crippen LogP contribution in [-0.2, 0) is 22.7 Å². The van der Waals surface area contributed by atoms with Gasteiger partial charge >= 0.3 is 0 Å². The fourth-order valence-electron chi connectivity index (χ4n) is 4.26. The van der Waals surface area contributed by atoms with Crippen molar-refractivity contribution >= 4 is 0 Å². The van der Waals surface area contributed by atoms with E-state index in [0.717, 1.165) is 38.9 Å². The van der Waals surface area contributed by atoms with Crippen molar-refractivity contribution in [2.24, 2.45) is 11.8 Å². The normalized spacial score (nSPS) is 19.7. The molecule has 2 aromatic rings. The molecule has 2 aromatic carbocycles. The van der Waals surface area contributed by atoms with Crippen molar-refractivity contribution in [3.05, 3.63) is 71.8 Å². The lowest BCUT2D eigenvalue weighted by atomic mass is 9.90. The summed E-state index contributed by atoms with van der Waals surface area (Å²) < 4.78 is 11.5. The molecular formula is C27H39NO2. The molecule has 1 heterocycles. The molecule has 3 nitrogen and oxygen atoms in total. The second kappa shape index (κ2) is 14.3. The zero-order chi connectivity index (χ0) is 20.7. The highest BCUT2D eigenvalue weighted by Crippen LogP contribution is 2.23. The number of benzene rings is 2. The fourth-order valence-corrected chi connectivity index (χ4v) is 4.26. The minimum atomic E-state index is 0.711. The standard InChI is InChI=1S/C14H20O.C13H19NO/c1-3-7-13(8-4-1)11-15-12-14-9-5-2-6-10-14;1-2-5-12(6-3-1)10-15-11-13-7-4-8-14-9-13/h1,3-4,7-8,14H,2,5-6,9-12H2;1-3,5-6,13-14H,4,7-11H2. The molecule has 0 amide bonds. The Bertz CT molecular complexity index is 590. The van der Waals surface area contributed by atoms with E-state index in [0.29, 0.717) is 5.92 Å². The first-order chi connectivity index (χ1) is 14.9. The predicted molar refractivity (Wildman–Crippen MR) is 124 cm³/mol. The van der Waals surface area contributed by atoms with Crippen molar-refractivity contribution in [1.29, 1.82) is 0 Å². The van der Waals surface area contributed by atoms with Crippen LogP contribution in [-0.4, -0.2) is 26.3 Å². The third-order valence-corrected chi connectivity index (χ3v) is 6.05. The first-order valence-electron chi connectivity index (χ1n) is 11.8. The fraction of sp³-hybridized carbons (Fsp3) is 0.556. The van der Waals surface area contributed by atoms with Crippen molar-refractivity contribution in [2.75, 3.05) is 26.3 Å². The highest BCUT2D eigenvalue weighted by molar-refractivity contribution is 5.14. The second-order valence-corrected chi connectivity index (χ2v) is 8.72. The molecule has 1 atom stereocenters. The maximum Gasteiger partial charge on any atom is 0.0717 e. The number of ether oxygens (including phenoxy) is 2. The Morgan fingerprint density at radius 3 is 1.70 bits per heavy atom. The zero-order valence-corrected chi connectivity index (χ0v) is 18.4. The van der Waals surface area contributed by atoms with Gasteiger partial charge in [-0.2, -0.15) is 0 Å². The topological polar surface area (TPSA) is 30.5 Å². The van der Waals surface area contributed by atoms with E-state index in [-0.39, 0.29) is 0 Å². The van der Waals surface area contributed by atoms with E-state index in [1.54, 1.807) is 0 Å². The van der Waals surface area contributed by atoms with Crippen LogP contribution in [0.1, 0.15) is 56.1 Å². The zero-order valence-electron chi connectivity index (χ0n) is 18.4. The van der Waals surface area contributed by atoms with Crippen LogP contribution in [0, 0.1) is 11.8 Å². The van der Waals surface area contributed by atoms with Gasteiger partial charge in [-0.3, -0.25) is 0 Å². The molecule has 4 rings (SSSR count). The monoisotopic (exact) mass is 409 g/mol. The molecular weight excluding hydrogens is 370 g/mol. The third kappa shape index (κ3) is 9.42. The molecule has 164 valence electrons. The van der Waals surface area contributed by atoms with Gasteiger partial charge in [0.2, 0.25) is 0 Å². The van der Waals surface area contributed by atoms with Gasteiger partial charge in [-0.25, -0.2) is 0 Å². The van der Waals surface area contributed by atoms with E-state index in [9.17, 15) is 0 Å². The molecule has 0 spiro atoms. The molecule has 0 bridgehead atoms. The Balaban J connectivity index is 0.000000171. The van der Waals surface area contributed by atoms with Crippen LogP contribution < -0.4 is 5.32 Å². The van der Waals surface area contributed by atoms with E-state index in [2.05, 4.69) is 53.8 Å². The van der Waals surface area contributed by atoms with Gasteiger partial charge in [0, 0.05) is 13.2 Å². The summed E-state index contributed by atoms with van der Waals surface area (Å²) in [6.07, 6.45) is 9.57. The van der Waals surface area contributed by atoms with Gasteiger partial charge in [0.15, 0.2) is 0 Å². The van der Waals surface area contributed by atoms with Crippen molar-refractivity contribution in [3.63, 3.8) is 0 Å². The van der Waals surface area contributed by atoms with Crippen LogP contribution >= 0.6 is 0 Å². The summed E-state index contributed by atoms with van der Waals surface area (Å²) in [5.74, 6) is 1.53. The molecule has 1 aliphatic heterocycles. The number of rotatable bonds is 8. The molecule has 0 aromatic heterocycles. The van der Waals surface area contributed by atoms with Crippen molar-refractivity contribution in [3.8, 4) is 0 Å². The Kier molecular flexibility index (Phi) is 11.0. The average Bonchev–Trinajstić information content (AvgIpc) is 2.82. The number of hydrogen-bond donors (Lipinski definition) is 1. The lowest BCUT2D eigenvalue weighted by Crippen LogP contribution is -2.32. The van der Waals surface area contributed by atoms with Crippen molar-refractivity contribution in [1.82, 2.24) is 5.32 Å². The van der Waals surface area contributed by atoms with Gasteiger partial charge in [0.1, 0.15) is 0 Å². The van der Waals surface area contributed by atoms with E-state index < -0.39 is 0 Å². The maximum atomic E-state index is 5.76. The SMILES string of the molecule is c1ccc(COCC2CCCCC2)cc1.c1ccc(COCC2CCCNC2)cc1. The first-order valence-corrected chi connectivity index (χ1v) is 11.8. The molecule has 1 aliphatic carbocycles. The van der Waals surface area contributed by atoms with Gasteiger partial charge in [-0.15, -0.1) is 0 Å². The molecule has 2 aliphatic rings. The Morgan fingerprint density at radius 1 is 0.633 bits per heavy atom. The van der Waals surface area contributed by atoms with Crippen LogP contribution in [0.3, 0.4) is 0 Å². The molecule has 1 saturated carbocycles. The molecule has 30 heavy (non-hydrogen) atoms. The van der Waals surface area contributed by atoms with Crippen LogP contribution in [0.2, 0.25) is 0 Å². The Labute approximate surface area is 183 Å². The average molecular weight is 410 g/mol. The van der Waals surface area contributed by atoms with Crippen LogP contribution in [0.5, 0.6) is 0 Å². The first kappa shape index (κ1) is 23.0. The minimum absolute atomic E-state index is 0.711. The largest absolute Gasteiger partial charge is 0.376 e. The van der Waals surface area contributed by atoms with E-state index in [1.807, 2.05) is 12.1 Å². The van der Waals surface area contributed by atoms with Crippen LogP contribution in [0.25, 0.3) is 0 Å². The summed E-state index contributed by atoms with van der Waals surface area (Å²) in [7, 11) is 0. The number of piperidine rings is 1. The Morgan fingerprint density at radius 2 is 1.17 bits per heavy atom. The smallest absolute Gasteiger partial charge is 0.0717 e. The summed E-state index contributed by atoms with van der Waals surface area (Å²) in [6, 6.07) is 20.8. The maximum absolute atomic E-state index is 5.76. The summed E-state index contributed by atoms with van der Waals surface area (Å²) in [5.41, 5.74) is 2.55. The quantitative estimate of drug-likeness (QED) is 0.581. The van der Waals surface area contributed by atoms with E-state index in [1.165, 1.54) is 62.6 Å². The summed E-state index contributed by atoms with van der Waals surface area (Å²) in [6.45, 7) is 5.66. The van der Waals surface area contributed by atoms with E-state index in [4.69, 9.17) is 9.47 Å². The highest BCUT2D eigenvalue weighted by atomic mass is 16.5. The summed E-state index contributed by atoms with van der Waals surface area (Å²) >= 11 is 0. The van der Waals surface area contributed by atoms with Gasteiger partial charge in [0.25, 0.3) is 0 Å². The van der Waals surface area contributed by atoms with Gasteiger partial charge in [-0.05, 0) is 55.2 Å². The van der Waals surface area contributed by atoms with Crippen LogP contribution in [0.15, 0.2) is 60.7 Å². The molecule has 3 heteroatoms. The molecule has 1 unspecified atom stereocenters. The number of hydrogen-bond acceptors (Lipinski definition) is 3.